The molecule has 1 aromatic carbocycles. The fourth-order valence-electron chi connectivity index (χ4n) is 6.27. The summed E-state index contributed by atoms with van der Waals surface area (Å²) in [4.78, 5) is 15.6. The van der Waals surface area contributed by atoms with E-state index in [4.69, 9.17) is 4.74 Å². The summed E-state index contributed by atoms with van der Waals surface area (Å²) in [5.74, 6) is 1.91. The number of rotatable bonds is 3. The summed E-state index contributed by atoms with van der Waals surface area (Å²) in [6.07, 6.45) is 5.38. The Hall–Kier alpha value is -1.39. The van der Waals surface area contributed by atoms with Crippen LogP contribution in [0.4, 0.5) is 0 Å². The van der Waals surface area contributed by atoms with E-state index >= 15 is 0 Å². The van der Waals surface area contributed by atoms with E-state index in [9.17, 15) is 9.90 Å². The first-order valence-electron chi connectivity index (χ1n) is 10.5. The van der Waals surface area contributed by atoms with E-state index in [1.165, 1.54) is 18.4 Å². The monoisotopic (exact) mass is 369 g/mol. The highest BCUT2D eigenvalue weighted by molar-refractivity contribution is 5.87. The Kier molecular flexibility index (Phi) is 3.65. The van der Waals surface area contributed by atoms with Crippen LogP contribution in [0.15, 0.2) is 18.2 Å². The van der Waals surface area contributed by atoms with Crippen molar-refractivity contribution in [3.05, 3.63) is 29.3 Å². The van der Waals surface area contributed by atoms with Crippen LogP contribution in [-0.2, 0) is 16.6 Å². The molecule has 0 radical (unpaired) electrons. The van der Waals surface area contributed by atoms with Gasteiger partial charge in [0.15, 0.2) is 0 Å². The van der Waals surface area contributed by atoms with Gasteiger partial charge in [-0.2, -0.15) is 0 Å². The first kappa shape index (κ1) is 17.7. The molecule has 3 atom stereocenters. The number of ether oxygens (including phenoxy) is 1. The maximum atomic E-state index is 13.1. The van der Waals surface area contributed by atoms with Crippen molar-refractivity contribution in [2.75, 3.05) is 20.2 Å². The van der Waals surface area contributed by atoms with Gasteiger partial charge in [0.25, 0.3) is 0 Å². The number of aliphatic hydroxyl groups is 1. The Morgan fingerprint density at radius 2 is 2.07 bits per heavy atom. The van der Waals surface area contributed by atoms with Gasteiger partial charge in [0, 0.05) is 29.8 Å². The highest BCUT2D eigenvalue weighted by atomic mass is 16.5. The van der Waals surface area contributed by atoms with Gasteiger partial charge in [-0.25, -0.2) is 0 Å². The Labute approximate surface area is 161 Å². The molecule has 1 aliphatic heterocycles. The van der Waals surface area contributed by atoms with Crippen LogP contribution in [-0.4, -0.2) is 47.6 Å². The molecule has 2 saturated carbocycles. The van der Waals surface area contributed by atoms with Crippen molar-refractivity contribution in [1.82, 2.24) is 4.90 Å². The van der Waals surface area contributed by atoms with Crippen LogP contribution < -0.4 is 4.74 Å². The molecule has 1 heterocycles. The van der Waals surface area contributed by atoms with E-state index in [0.717, 1.165) is 43.2 Å². The van der Waals surface area contributed by atoms with Crippen LogP contribution in [0, 0.1) is 11.3 Å². The van der Waals surface area contributed by atoms with E-state index in [1.807, 2.05) is 19.9 Å². The van der Waals surface area contributed by atoms with E-state index < -0.39 is 16.4 Å². The molecular weight excluding hydrogens is 338 g/mol. The number of methoxy groups -OCH3 is 1. The van der Waals surface area contributed by atoms with Crippen molar-refractivity contribution in [2.24, 2.45) is 11.3 Å². The molecule has 3 fully saturated rings. The zero-order valence-electron chi connectivity index (χ0n) is 16.8. The van der Waals surface area contributed by atoms with Crippen molar-refractivity contribution in [1.29, 1.82) is 0 Å². The summed E-state index contributed by atoms with van der Waals surface area (Å²) in [5.41, 5.74) is 0.674. The lowest BCUT2D eigenvalue weighted by Crippen LogP contribution is -2.75. The van der Waals surface area contributed by atoms with Gasteiger partial charge in [-0.05, 0) is 67.8 Å². The molecule has 0 spiro atoms. The molecule has 1 N–H and O–H groups in total. The lowest BCUT2D eigenvalue weighted by atomic mass is 9.45. The highest BCUT2D eigenvalue weighted by Gasteiger charge is 2.67. The lowest BCUT2D eigenvalue weighted by molar-refractivity contribution is -0.191. The SMILES string of the molecule is COc1ccc2c(c1)[C@]13CCN(CC4CC4)[C@H](C2)[C@]1(O)CC(C)(C)C(=O)C3. The van der Waals surface area contributed by atoms with Gasteiger partial charge >= 0.3 is 0 Å². The van der Waals surface area contributed by atoms with Gasteiger partial charge in [0.2, 0.25) is 0 Å². The summed E-state index contributed by atoms with van der Waals surface area (Å²) in [7, 11) is 1.69. The van der Waals surface area contributed by atoms with Crippen molar-refractivity contribution in [3.8, 4) is 5.75 Å². The predicted molar refractivity (Wildman–Crippen MR) is 104 cm³/mol. The average molecular weight is 370 g/mol. The predicted octanol–water partition coefficient (Wildman–Crippen LogP) is 3.09. The minimum Gasteiger partial charge on any atom is -0.497 e. The number of Topliss-reactive ketones (excluding diaryl/α,β-unsaturated/α-hetero) is 1. The summed E-state index contributed by atoms with van der Waals surface area (Å²) < 4.78 is 5.50. The number of likely N-dealkylation sites (tertiary alicyclic amines) is 1. The molecule has 4 heteroatoms. The average Bonchev–Trinajstić information content (AvgIpc) is 3.42. The largest absolute Gasteiger partial charge is 0.497 e. The van der Waals surface area contributed by atoms with Gasteiger partial charge < -0.3 is 9.84 Å². The van der Waals surface area contributed by atoms with Crippen LogP contribution in [0.2, 0.25) is 0 Å². The maximum absolute atomic E-state index is 13.1. The number of hydrogen-bond donors (Lipinski definition) is 1. The molecule has 0 unspecified atom stereocenters. The number of nitrogens with zero attached hydrogens (tertiary/aromatic N) is 1. The van der Waals surface area contributed by atoms with Crippen LogP contribution in [0.5, 0.6) is 5.75 Å². The summed E-state index contributed by atoms with van der Waals surface area (Å²) in [5, 5.41) is 12.3. The van der Waals surface area contributed by atoms with Gasteiger partial charge in [-0.3, -0.25) is 9.69 Å². The number of ketones is 1. The molecule has 0 amide bonds. The molecule has 1 aromatic rings. The molecule has 0 aromatic heterocycles. The van der Waals surface area contributed by atoms with Gasteiger partial charge in [0.1, 0.15) is 11.5 Å². The molecule has 4 nitrogen and oxygen atoms in total. The first-order chi connectivity index (χ1) is 12.8. The summed E-state index contributed by atoms with van der Waals surface area (Å²) >= 11 is 0. The Morgan fingerprint density at radius 3 is 2.78 bits per heavy atom. The molecule has 27 heavy (non-hydrogen) atoms. The first-order valence-corrected chi connectivity index (χ1v) is 10.5. The number of carbonyl (C=O) groups is 1. The van der Waals surface area contributed by atoms with E-state index in [-0.39, 0.29) is 11.8 Å². The minimum atomic E-state index is -0.850. The number of fused-ring (bicyclic) bond motifs is 1. The number of benzene rings is 1. The molecule has 4 aliphatic rings. The maximum Gasteiger partial charge on any atom is 0.139 e. The van der Waals surface area contributed by atoms with Gasteiger partial charge in [-0.15, -0.1) is 0 Å². The normalized spacial score (nSPS) is 37.5. The van der Waals surface area contributed by atoms with Crippen LogP contribution in [0.1, 0.15) is 57.1 Å². The molecule has 1 saturated heterocycles. The molecule has 2 bridgehead atoms. The van der Waals surface area contributed by atoms with Crippen LogP contribution >= 0.6 is 0 Å². The second-order valence-electron chi connectivity index (χ2n) is 10.1. The molecular formula is C23H31NO3. The second-order valence-corrected chi connectivity index (χ2v) is 10.1. The van der Waals surface area contributed by atoms with Crippen LogP contribution in [0.3, 0.4) is 0 Å². The minimum absolute atomic E-state index is 0.111. The number of hydrogen-bond acceptors (Lipinski definition) is 4. The molecule has 5 rings (SSSR count). The fourth-order valence-corrected chi connectivity index (χ4v) is 6.27. The third-order valence-corrected chi connectivity index (χ3v) is 8.01. The standard InChI is InChI=1S/C23H31NO3/c1-21(2)14-23(26)19-10-16-6-7-17(27-3)11-18(16)22(23,12-20(21)25)8-9-24(19)13-15-4-5-15/h6-7,11,15,19,26H,4-5,8-10,12-14H2,1-3H3/t19-,22-,23-/m1/s1. The zero-order valence-corrected chi connectivity index (χ0v) is 16.8. The Morgan fingerprint density at radius 1 is 1.30 bits per heavy atom. The number of piperidine rings is 1. The zero-order chi connectivity index (χ0) is 19.0. The van der Waals surface area contributed by atoms with Gasteiger partial charge in [-0.1, -0.05) is 19.9 Å². The topological polar surface area (TPSA) is 49.8 Å². The number of carbonyl (C=O) groups excluding carboxylic acids is 1. The fraction of sp³-hybridized carbons (Fsp3) is 0.696. The van der Waals surface area contributed by atoms with Crippen molar-refractivity contribution >= 4 is 5.78 Å². The summed E-state index contributed by atoms with van der Waals surface area (Å²) in [6, 6.07) is 6.39. The molecule has 146 valence electrons. The smallest absolute Gasteiger partial charge is 0.139 e. The summed E-state index contributed by atoms with van der Waals surface area (Å²) in [6.45, 7) is 6.11. The second kappa shape index (κ2) is 5.57. The Balaban J connectivity index is 1.67. The van der Waals surface area contributed by atoms with Gasteiger partial charge in [0.05, 0.1) is 12.7 Å². The third-order valence-electron chi connectivity index (χ3n) is 8.01. The van der Waals surface area contributed by atoms with E-state index in [1.54, 1.807) is 7.11 Å². The van der Waals surface area contributed by atoms with Crippen molar-refractivity contribution < 1.29 is 14.6 Å². The van der Waals surface area contributed by atoms with Crippen molar-refractivity contribution in [2.45, 2.75) is 69.4 Å². The van der Waals surface area contributed by atoms with E-state index in [0.29, 0.717) is 12.8 Å². The quantitative estimate of drug-likeness (QED) is 0.890. The lowest BCUT2D eigenvalue weighted by Gasteiger charge is -2.65. The third kappa shape index (κ3) is 2.39. The van der Waals surface area contributed by atoms with Crippen LogP contribution in [0.25, 0.3) is 0 Å². The Bertz CT molecular complexity index is 799. The highest BCUT2D eigenvalue weighted by Crippen LogP contribution is 2.61. The van der Waals surface area contributed by atoms with E-state index in [2.05, 4.69) is 17.0 Å². The molecule has 3 aliphatic carbocycles. The van der Waals surface area contributed by atoms with Crippen molar-refractivity contribution in [3.63, 3.8) is 0 Å².